The average Bonchev–Trinajstić information content (AvgIpc) is 3.49. The van der Waals surface area contributed by atoms with Gasteiger partial charge >= 0.3 is 0 Å². The van der Waals surface area contributed by atoms with Gasteiger partial charge < -0.3 is 8.98 Å². The minimum absolute atomic E-state index is 0.939. The van der Waals surface area contributed by atoms with Gasteiger partial charge in [0.2, 0.25) is 5.69 Å². The van der Waals surface area contributed by atoms with Crippen molar-refractivity contribution in [2.24, 2.45) is 7.05 Å². The Morgan fingerprint density at radius 1 is 0.605 bits per heavy atom. The average molecular weight is 490 g/mol. The van der Waals surface area contributed by atoms with Crippen LogP contribution in [-0.4, -0.2) is 4.57 Å². The summed E-state index contributed by atoms with van der Waals surface area (Å²) in [5, 5.41) is 7.12. The van der Waals surface area contributed by atoms with Crippen LogP contribution in [0.4, 0.5) is 0 Å². The zero-order valence-corrected chi connectivity index (χ0v) is 21.3. The predicted octanol–water partition coefficient (Wildman–Crippen LogP) is 8.64. The number of furan rings is 1. The summed E-state index contributed by atoms with van der Waals surface area (Å²) in [7, 11) is 2.14. The molecule has 0 unspecified atom stereocenters. The van der Waals surface area contributed by atoms with Crippen LogP contribution in [0.1, 0.15) is 5.56 Å². The second-order valence-electron chi connectivity index (χ2n) is 10.2. The fourth-order valence-electron chi connectivity index (χ4n) is 6.15. The Kier molecular flexibility index (Phi) is 4.36. The lowest BCUT2D eigenvalue weighted by atomic mass is 9.99. The van der Waals surface area contributed by atoms with Crippen LogP contribution in [0.2, 0.25) is 0 Å². The normalized spacial score (nSPS) is 11.9. The fourth-order valence-corrected chi connectivity index (χ4v) is 6.15. The van der Waals surface area contributed by atoms with E-state index in [0.29, 0.717) is 0 Å². The minimum atomic E-state index is 0.939. The SMILES string of the molecule is Cc1ccc2c(oc3c4ccccc4ccc23)c1-c1cc2c(c[n+]1C)c1ccccc1n2-c1ccccc1. The van der Waals surface area contributed by atoms with E-state index in [-0.39, 0.29) is 0 Å². The van der Waals surface area contributed by atoms with Crippen LogP contribution < -0.4 is 4.57 Å². The minimum Gasteiger partial charge on any atom is -0.454 e. The standard InChI is InChI=1S/C35H25N2O/c1-22-16-18-28-27-19-17-23-10-6-7-13-25(23)34(27)38-35(28)33(22)32-20-31-29(21-36(32)2)26-14-8-9-15-30(26)37(31)24-11-4-3-5-12-24/h3-21H,1-2H3/q+1. The number of aryl methyl sites for hydroxylation is 2. The van der Waals surface area contributed by atoms with Crippen molar-refractivity contribution >= 4 is 54.5 Å². The van der Waals surface area contributed by atoms with Crippen molar-refractivity contribution in [2.75, 3.05) is 0 Å². The Morgan fingerprint density at radius 3 is 2.18 bits per heavy atom. The summed E-state index contributed by atoms with van der Waals surface area (Å²) in [5.74, 6) is 0. The number of rotatable bonds is 2. The molecule has 3 heterocycles. The number of para-hydroxylation sites is 2. The Morgan fingerprint density at radius 2 is 1.32 bits per heavy atom. The molecule has 0 bridgehead atoms. The lowest BCUT2D eigenvalue weighted by Gasteiger charge is -2.09. The van der Waals surface area contributed by atoms with Crippen molar-refractivity contribution in [3.05, 3.63) is 121 Å². The lowest BCUT2D eigenvalue weighted by molar-refractivity contribution is -0.659. The molecule has 0 radical (unpaired) electrons. The molecular weight excluding hydrogens is 464 g/mol. The molecule has 3 heteroatoms. The first-order valence-corrected chi connectivity index (χ1v) is 13.0. The molecule has 38 heavy (non-hydrogen) atoms. The molecule has 0 saturated carbocycles. The molecule has 0 saturated heterocycles. The number of pyridine rings is 1. The van der Waals surface area contributed by atoms with Crippen molar-refractivity contribution < 1.29 is 8.98 Å². The summed E-state index contributed by atoms with van der Waals surface area (Å²) < 4.78 is 11.4. The number of fused-ring (bicyclic) bond motifs is 8. The van der Waals surface area contributed by atoms with E-state index < -0.39 is 0 Å². The van der Waals surface area contributed by atoms with Crippen LogP contribution >= 0.6 is 0 Å². The summed E-state index contributed by atoms with van der Waals surface area (Å²) in [6, 6.07) is 38.9. The molecule has 0 aliphatic carbocycles. The monoisotopic (exact) mass is 489 g/mol. The maximum Gasteiger partial charge on any atom is 0.218 e. The van der Waals surface area contributed by atoms with Gasteiger partial charge in [0.25, 0.3) is 0 Å². The van der Waals surface area contributed by atoms with Gasteiger partial charge in [0.15, 0.2) is 6.20 Å². The highest BCUT2D eigenvalue weighted by Gasteiger charge is 2.24. The van der Waals surface area contributed by atoms with Crippen LogP contribution in [-0.2, 0) is 7.05 Å². The van der Waals surface area contributed by atoms with Crippen molar-refractivity contribution in [3.63, 3.8) is 0 Å². The highest BCUT2D eigenvalue weighted by molar-refractivity contribution is 6.17. The molecular formula is C35H25N2O+. The molecule has 0 aliphatic heterocycles. The Labute approximate surface area is 219 Å². The van der Waals surface area contributed by atoms with Gasteiger partial charge in [-0.2, -0.15) is 0 Å². The summed E-state index contributed by atoms with van der Waals surface area (Å²) >= 11 is 0. The molecule has 0 fully saturated rings. The number of hydrogen-bond donors (Lipinski definition) is 0. The van der Waals surface area contributed by atoms with E-state index >= 15 is 0 Å². The van der Waals surface area contributed by atoms with Gasteiger partial charge in [-0.15, -0.1) is 0 Å². The van der Waals surface area contributed by atoms with Gasteiger partial charge in [-0.1, -0.05) is 78.9 Å². The second kappa shape index (κ2) is 7.80. The van der Waals surface area contributed by atoms with E-state index in [2.05, 4.69) is 138 Å². The molecule has 0 atom stereocenters. The second-order valence-corrected chi connectivity index (χ2v) is 10.2. The molecule has 0 spiro atoms. The van der Waals surface area contributed by atoms with Crippen LogP contribution in [0.25, 0.3) is 71.5 Å². The largest absolute Gasteiger partial charge is 0.454 e. The van der Waals surface area contributed by atoms with Gasteiger partial charge in [0.05, 0.1) is 22.0 Å². The third-order valence-electron chi connectivity index (χ3n) is 7.94. The summed E-state index contributed by atoms with van der Waals surface area (Å²) in [4.78, 5) is 0. The van der Waals surface area contributed by atoms with Crippen LogP contribution in [0, 0.1) is 6.92 Å². The third kappa shape index (κ3) is 2.87. The van der Waals surface area contributed by atoms with Gasteiger partial charge in [0, 0.05) is 33.3 Å². The number of hydrogen-bond acceptors (Lipinski definition) is 1. The van der Waals surface area contributed by atoms with E-state index in [9.17, 15) is 0 Å². The smallest absolute Gasteiger partial charge is 0.218 e. The third-order valence-corrected chi connectivity index (χ3v) is 7.94. The molecule has 0 amide bonds. The quantitative estimate of drug-likeness (QED) is 0.223. The topological polar surface area (TPSA) is 21.9 Å². The van der Waals surface area contributed by atoms with E-state index in [1.54, 1.807) is 0 Å². The fraction of sp³-hybridized carbons (Fsp3) is 0.0571. The van der Waals surface area contributed by atoms with E-state index in [1.165, 1.54) is 32.8 Å². The molecule has 0 N–H and O–H groups in total. The molecule has 0 aliphatic rings. The van der Waals surface area contributed by atoms with Crippen LogP contribution in [0.3, 0.4) is 0 Å². The van der Waals surface area contributed by atoms with E-state index in [4.69, 9.17) is 4.42 Å². The van der Waals surface area contributed by atoms with Gasteiger partial charge in [-0.05, 0) is 42.1 Å². The first-order valence-electron chi connectivity index (χ1n) is 13.0. The summed E-state index contributed by atoms with van der Waals surface area (Å²) in [6.07, 6.45) is 2.27. The summed E-state index contributed by atoms with van der Waals surface area (Å²) in [6.45, 7) is 2.18. The molecule has 3 aromatic heterocycles. The first kappa shape index (κ1) is 21.2. The first-order chi connectivity index (χ1) is 18.7. The van der Waals surface area contributed by atoms with Gasteiger partial charge in [-0.3, -0.25) is 0 Å². The lowest BCUT2D eigenvalue weighted by Crippen LogP contribution is -2.30. The van der Waals surface area contributed by atoms with E-state index in [0.717, 1.165) is 44.3 Å². The van der Waals surface area contributed by atoms with Crippen molar-refractivity contribution in [1.82, 2.24) is 4.57 Å². The zero-order valence-electron chi connectivity index (χ0n) is 21.3. The Hall–Kier alpha value is -4.89. The molecule has 8 rings (SSSR count). The molecule has 8 aromatic rings. The number of benzene rings is 5. The van der Waals surface area contributed by atoms with Crippen molar-refractivity contribution in [1.29, 1.82) is 0 Å². The van der Waals surface area contributed by atoms with Crippen LogP contribution in [0.15, 0.2) is 120 Å². The molecule has 3 nitrogen and oxygen atoms in total. The van der Waals surface area contributed by atoms with Gasteiger partial charge in [-0.25, -0.2) is 4.57 Å². The number of nitrogens with zero attached hydrogens (tertiary/aromatic N) is 2. The Balaban J connectivity index is 1.50. The number of aromatic nitrogens is 2. The van der Waals surface area contributed by atoms with Gasteiger partial charge in [0.1, 0.15) is 18.2 Å². The van der Waals surface area contributed by atoms with Crippen molar-refractivity contribution in [3.8, 4) is 16.9 Å². The van der Waals surface area contributed by atoms with E-state index in [1.807, 2.05) is 0 Å². The summed E-state index contributed by atoms with van der Waals surface area (Å²) in [5.41, 5.74) is 8.89. The highest BCUT2D eigenvalue weighted by atomic mass is 16.3. The Bertz CT molecular complexity index is 2200. The van der Waals surface area contributed by atoms with Crippen LogP contribution in [0.5, 0.6) is 0 Å². The molecule has 5 aromatic carbocycles. The maximum absolute atomic E-state index is 6.75. The maximum atomic E-state index is 6.75. The zero-order chi connectivity index (χ0) is 25.4. The predicted molar refractivity (Wildman–Crippen MR) is 157 cm³/mol. The highest BCUT2D eigenvalue weighted by Crippen LogP contribution is 2.41. The van der Waals surface area contributed by atoms with Crippen molar-refractivity contribution in [2.45, 2.75) is 6.92 Å². The molecule has 180 valence electrons.